The molecule has 104 valence electrons. The van der Waals surface area contributed by atoms with Gasteiger partial charge in [0, 0.05) is 14.1 Å². The summed E-state index contributed by atoms with van der Waals surface area (Å²) in [6.45, 7) is 3.97. The first-order chi connectivity index (χ1) is 7.91. The van der Waals surface area contributed by atoms with Crippen LogP contribution in [0.2, 0.25) is 0 Å². The molecule has 0 bridgehead atoms. The van der Waals surface area contributed by atoms with E-state index in [1.54, 1.807) is 14.1 Å². The Morgan fingerprint density at radius 2 is 2.06 bits per heavy atom. The molecule has 0 aliphatic heterocycles. The van der Waals surface area contributed by atoms with E-state index in [-0.39, 0.29) is 36.0 Å². The summed E-state index contributed by atoms with van der Waals surface area (Å²) in [5.41, 5.74) is 5.87. The molecule has 0 aromatic carbocycles. The average molecular weight is 295 g/mol. The third-order valence-electron chi connectivity index (χ3n) is 2.24. The molecular formula is C10H19ClN4O2S. The Morgan fingerprint density at radius 1 is 1.44 bits per heavy atom. The van der Waals surface area contributed by atoms with Gasteiger partial charge in [0.1, 0.15) is 0 Å². The highest BCUT2D eigenvalue weighted by molar-refractivity contribution is 7.99. The predicted octanol–water partition coefficient (Wildman–Crippen LogP) is 1.33. The van der Waals surface area contributed by atoms with Gasteiger partial charge in [0.15, 0.2) is 0 Å². The number of nitrogens with zero attached hydrogens (tertiary/aromatic N) is 3. The van der Waals surface area contributed by atoms with Crippen LogP contribution >= 0.6 is 24.2 Å². The highest BCUT2D eigenvalue weighted by Crippen LogP contribution is 2.22. The lowest BCUT2D eigenvalue weighted by molar-refractivity contribution is -0.125. The molecule has 0 fully saturated rings. The minimum atomic E-state index is -0.263. The molecule has 1 aromatic rings. The van der Waals surface area contributed by atoms with E-state index in [1.165, 1.54) is 16.7 Å². The summed E-state index contributed by atoms with van der Waals surface area (Å²) in [5.74, 6) is 0.936. The Bertz CT molecular complexity index is 384. The van der Waals surface area contributed by atoms with Crippen molar-refractivity contribution < 1.29 is 9.21 Å². The van der Waals surface area contributed by atoms with Crippen LogP contribution in [0.4, 0.5) is 0 Å². The van der Waals surface area contributed by atoms with Crippen molar-refractivity contribution in [3.63, 3.8) is 0 Å². The van der Waals surface area contributed by atoms with Gasteiger partial charge in [-0.1, -0.05) is 25.6 Å². The molecule has 0 radical (unpaired) electrons. The quantitative estimate of drug-likeness (QED) is 0.825. The molecule has 0 saturated carbocycles. The summed E-state index contributed by atoms with van der Waals surface area (Å²) < 4.78 is 5.38. The van der Waals surface area contributed by atoms with Crippen LogP contribution < -0.4 is 5.73 Å². The first kappa shape index (κ1) is 17.2. The van der Waals surface area contributed by atoms with Crippen molar-refractivity contribution in [3.8, 4) is 0 Å². The third-order valence-corrected chi connectivity index (χ3v) is 3.05. The summed E-state index contributed by atoms with van der Waals surface area (Å²) in [4.78, 5) is 12.9. The van der Waals surface area contributed by atoms with Gasteiger partial charge in [-0.05, 0) is 5.92 Å². The van der Waals surface area contributed by atoms with E-state index in [2.05, 4.69) is 10.2 Å². The molecule has 1 aromatic heterocycles. The molecule has 2 N–H and O–H groups in total. The molecule has 1 heterocycles. The van der Waals surface area contributed by atoms with Crippen molar-refractivity contribution in [3.05, 3.63) is 5.89 Å². The normalized spacial score (nSPS) is 12.1. The van der Waals surface area contributed by atoms with Gasteiger partial charge >= 0.3 is 0 Å². The molecule has 0 unspecified atom stereocenters. The van der Waals surface area contributed by atoms with Crippen molar-refractivity contribution in [2.24, 2.45) is 11.7 Å². The Balaban J connectivity index is 0.00000289. The highest BCUT2D eigenvalue weighted by atomic mass is 35.5. The topological polar surface area (TPSA) is 85.2 Å². The van der Waals surface area contributed by atoms with E-state index >= 15 is 0 Å². The number of halogens is 1. The van der Waals surface area contributed by atoms with Gasteiger partial charge in [0.2, 0.25) is 11.8 Å². The van der Waals surface area contributed by atoms with Crippen molar-refractivity contribution in [2.75, 3.05) is 19.8 Å². The Morgan fingerprint density at radius 3 is 2.56 bits per heavy atom. The minimum Gasteiger partial charge on any atom is -0.414 e. The first-order valence-corrected chi connectivity index (χ1v) is 6.32. The molecule has 0 spiro atoms. The SMILES string of the molecule is CC(C)[C@H](N)c1nnc(SCC(=O)N(C)C)o1.Cl. The van der Waals surface area contributed by atoms with Crippen LogP contribution in [0.15, 0.2) is 9.64 Å². The fourth-order valence-electron chi connectivity index (χ4n) is 0.951. The van der Waals surface area contributed by atoms with Gasteiger partial charge in [-0.2, -0.15) is 0 Å². The zero-order valence-corrected chi connectivity index (χ0v) is 12.5. The zero-order chi connectivity index (χ0) is 13.0. The summed E-state index contributed by atoms with van der Waals surface area (Å²) in [6, 6.07) is -0.263. The lowest BCUT2D eigenvalue weighted by Gasteiger charge is -2.09. The van der Waals surface area contributed by atoms with Crippen LogP contribution in [0.25, 0.3) is 0 Å². The maximum atomic E-state index is 11.4. The number of carbonyl (C=O) groups is 1. The lowest BCUT2D eigenvalue weighted by atomic mass is 10.1. The second-order valence-corrected chi connectivity index (χ2v) is 5.18. The number of hydrogen-bond acceptors (Lipinski definition) is 6. The minimum absolute atomic E-state index is 0. The number of carbonyl (C=O) groups excluding carboxylic acids is 1. The van der Waals surface area contributed by atoms with Crippen molar-refractivity contribution in [1.82, 2.24) is 15.1 Å². The third kappa shape index (κ3) is 4.83. The zero-order valence-electron chi connectivity index (χ0n) is 10.9. The predicted molar refractivity (Wildman–Crippen MR) is 72.7 cm³/mol. The second-order valence-electron chi connectivity index (χ2n) is 4.25. The van der Waals surface area contributed by atoms with Gasteiger partial charge in [0.05, 0.1) is 11.8 Å². The largest absolute Gasteiger partial charge is 0.414 e. The van der Waals surface area contributed by atoms with E-state index in [0.29, 0.717) is 11.1 Å². The molecule has 1 rings (SSSR count). The molecule has 0 saturated heterocycles. The molecule has 8 heteroatoms. The van der Waals surface area contributed by atoms with Crippen molar-refractivity contribution >= 4 is 30.1 Å². The maximum absolute atomic E-state index is 11.4. The lowest BCUT2D eigenvalue weighted by Crippen LogP contribution is -2.23. The summed E-state index contributed by atoms with van der Waals surface area (Å²) >= 11 is 1.22. The van der Waals surface area contributed by atoms with Crippen molar-refractivity contribution in [1.29, 1.82) is 0 Å². The van der Waals surface area contributed by atoms with Crippen LogP contribution in [-0.2, 0) is 4.79 Å². The van der Waals surface area contributed by atoms with Gasteiger partial charge in [0.25, 0.3) is 5.22 Å². The van der Waals surface area contributed by atoms with Crippen molar-refractivity contribution in [2.45, 2.75) is 25.1 Å². The summed E-state index contributed by atoms with van der Waals surface area (Å²) in [7, 11) is 3.41. The van der Waals surface area contributed by atoms with Crippen LogP contribution in [0, 0.1) is 5.92 Å². The van der Waals surface area contributed by atoms with Gasteiger partial charge in [-0.15, -0.1) is 22.6 Å². The standard InChI is InChI=1S/C10H18N4O2S.ClH/c1-6(2)8(11)9-12-13-10(16-9)17-5-7(15)14(3)4;/h6,8H,5,11H2,1-4H3;1H/t8-;/m0./s1. The van der Waals surface area contributed by atoms with Crippen LogP contribution in [0.5, 0.6) is 0 Å². The van der Waals surface area contributed by atoms with Gasteiger partial charge in [-0.3, -0.25) is 4.79 Å². The fourth-order valence-corrected chi connectivity index (χ4v) is 1.70. The maximum Gasteiger partial charge on any atom is 0.277 e. The highest BCUT2D eigenvalue weighted by Gasteiger charge is 2.18. The van der Waals surface area contributed by atoms with E-state index < -0.39 is 0 Å². The van der Waals surface area contributed by atoms with Crippen LogP contribution in [0.3, 0.4) is 0 Å². The van der Waals surface area contributed by atoms with Crippen LogP contribution in [0.1, 0.15) is 25.8 Å². The first-order valence-electron chi connectivity index (χ1n) is 5.33. The monoisotopic (exact) mass is 294 g/mol. The number of thioether (sulfide) groups is 1. The Hall–Kier alpha value is -0.790. The number of hydrogen-bond donors (Lipinski definition) is 1. The number of rotatable bonds is 5. The van der Waals surface area contributed by atoms with E-state index in [4.69, 9.17) is 10.2 Å². The number of amides is 1. The molecular weight excluding hydrogens is 276 g/mol. The molecule has 18 heavy (non-hydrogen) atoms. The Labute approximate surface area is 117 Å². The number of aromatic nitrogens is 2. The number of nitrogens with two attached hydrogens (primary N) is 1. The van der Waals surface area contributed by atoms with E-state index in [1.807, 2.05) is 13.8 Å². The molecule has 1 amide bonds. The van der Waals surface area contributed by atoms with E-state index in [0.717, 1.165) is 0 Å². The molecule has 6 nitrogen and oxygen atoms in total. The van der Waals surface area contributed by atoms with Gasteiger partial charge < -0.3 is 15.1 Å². The summed E-state index contributed by atoms with van der Waals surface area (Å²) in [5, 5.41) is 8.10. The molecule has 1 atom stereocenters. The van der Waals surface area contributed by atoms with E-state index in [9.17, 15) is 4.79 Å². The Kier molecular flexibility index (Phi) is 7.27. The van der Waals surface area contributed by atoms with Crippen LogP contribution in [-0.4, -0.2) is 40.9 Å². The summed E-state index contributed by atoms with van der Waals surface area (Å²) in [6.07, 6.45) is 0. The molecule has 0 aliphatic rings. The molecule has 0 aliphatic carbocycles. The van der Waals surface area contributed by atoms with Gasteiger partial charge in [-0.25, -0.2) is 0 Å². The fraction of sp³-hybridized carbons (Fsp3) is 0.700. The average Bonchev–Trinajstić information content (AvgIpc) is 2.72. The smallest absolute Gasteiger partial charge is 0.277 e. The second kappa shape index (κ2) is 7.60.